The van der Waals surface area contributed by atoms with Crippen LogP contribution < -0.4 is 15.4 Å². The van der Waals surface area contributed by atoms with Crippen LogP contribution in [0, 0.1) is 6.92 Å². The van der Waals surface area contributed by atoms with Crippen molar-refractivity contribution < 1.29 is 33.7 Å². The second-order valence-corrected chi connectivity index (χ2v) is 11.1. The summed E-state index contributed by atoms with van der Waals surface area (Å²) in [5.41, 5.74) is 3.24. The van der Waals surface area contributed by atoms with Crippen LogP contribution in [-0.4, -0.2) is 48.9 Å². The highest BCUT2D eigenvalue weighted by molar-refractivity contribution is 9.10. The maximum Gasteiger partial charge on any atom is 0.303 e. The predicted octanol–water partition coefficient (Wildman–Crippen LogP) is 7.11. The molecule has 0 bridgehead atoms. The van der Waals surface area contributed by atoms with E-state index in [9.17, 15) is 14.4 Å². The molecule has 9 nitrogen and oxygen atoms in total. The van der Waals surface area contributed by atoms with Gasteiger partial charge in [0.15, 0.2) is 12.1 Å². The molecule has 1 heterocycles. The summed E-state index contributed by atoms with van der Waals surface area (Å²) in [6.45, 7) is 3.36. The normalized spacial score (nSPS) is 14.7. The van der Waals surface area contributed by atoms with E-state index in [0.717, 1.165) is 35.9 Å². The number of carbonyl (C=O) groups is 3. The smallest absolute Gasteiger partial charge is 0.303 e. The highest BCUT2D eigenvalue weighted by Crippen LogP contribution is 2.32. The fourth-order valence-corrected chi connectivity index (χ4v) is 5.03. The monoisotopic (exact) mass is 658 g/mol. The van der Waals surface area contributed by atoms with Gasteiger partial charge in [0.05, 0.1) is 29.4 Å². The van der Waals surface area contributed by atoms with Crippen molar-refractivity contribution in [3.63, 3.8) is 0 Å². The molecule has 1 atom stereocenters. The summed E-state index contributed by atoms with van der Waals surface area (Å²) in [6.07, 6.45) is 2.49. The Balaban J connectivity index is 1.38. The van der Waals surface area contributed by atoms with Crippen molar-refractivity contribution in [2.45, 2.75) is 45.3 Å². The second-order valence-electron chi connectivity index (χ2n) is 9.77. The molecule has 1 aliphatic heterocycles. The van der Waals surface area contributed by atoms with E-state index in [4.69, 9.17) is 30.9 Å². The van der Waals surface area contributed by atoms with E-state index < -0.39 is 11.9 Å². The summed E-state index contributed by atoms with van der Waals surface area (Å²) in [4.78, 5) is 36.4. The largest absolute Gasteiger partial charge is 0.491 e. The van der Waals surface area contributed by atoms with Crippen LogP contribution in [0.2, 0.25) is 5.02 Å². The number of ether oxygens (including phenoxy) is 3. The first-order valence-corrected chi connectivity index (χ1v) is 14.8. The quantitative estimate of drug-likeness (QED) is 0.131. The number of hydrogen-bond acceptors (Lipinski definition) is 7. The lowest BCUT2D eigenvalue weighted by Gasteiger charge is -2.22. The Labute approximate surface area is 257 Å². The average Bonchev–Trinajstić information content (AvgIpc) is 2.96. The third-order valence-corrected chi connectivity index (χ3v) is 7.36. The number of ketones is 1. The summed E-state index contributed by atoms with van der Waals surface area (Å²) < 4.78 is 17.8. The number of nitrogens with one attached hydrogen (secondary N) is 2. The van der Waals surface area contributed by atoms with Gasteiger partial charge in [0.1, 0.15) is 12.4 Å². The van der Waals surface area contributed by atoms with Crippen molar-refractivity contribution in [2.75, 3.05) is 30.5 Å². The molecule has 222 valence electrons. The zero-order valence-electron chi connectivity index (χ0n) is 23.1. The van der Waals surface area contributed by atoms with Crippen molar-refractivity contribution in [3.05, 3.63) is 80.8 Å². The molecule has 1 amide bonds. The molecule has 1 unspecified atom stereocenters. The molecule has 0 aliphatic carbocycles. The zero-order chi connectivity index (χ0) is 30.1. The van der Waals surface area contributed by atoms with Crippen LogP contribution in [0.25, 0.3) is 0 Å². The summed E-state index contributed by atoms with van der Waals surface area (Å²) in [7, 11) is 0. The van der Waals surface area contributed by atoms with Crippen molar-refractivity contribution in [1.29, 1.82) is 0 Å². The van der Waals surface area contributed by atoms with Gasteiger partial charge in [-0.15, -0.1) is 0 Å². The highest BCUT2D eigenvalue weighted by atomic mass is 79.9. The van der Waals surface area contributed by atoms with Gasteiger partial charge in [-0.2, -0.15) is 0 Å². The first kappa shape index (κ1) is 31.5. The predicted molar refractivity (Wildman–Crippen MR) is 164 cm³/mol. The Morgan fingerprint density at radius 2 is 1.81 bits per heavy atom. The van der Waals surface area contributed by atoms with Gasteiger partial charge in [-0.1, -0.05) is 27.5 Å². The van der Waals surface area contributed by atoms with Crippen LogP contribution in [0.1, 0.15) is 53.6 Å². The van der Waals surface area contributed by atoms with Gasteiger partial charge in [0.2, 0.25) is 5.91 Å². The van der Waals surface area contributed by atoms with E-state index in [1.54, 1.807) is 48.5 Å². The first-order chi connectivity index (χ1) is 20.2. The van der Waals surface area contributed by atoms with Crippen LogP contribution >= 0.6 is 27.5 Å². The fourth-order valence-electron chi connectivity index (χ4n) is 4.40. The number of carboxylic acid groups (broad SMARTS) is 1. The molecule has 0 aromatic heterocycles. The van der Waals surface area contributed by atoms with E-state index in [0.29, 0.717) is 47.2 Å². The van der Waals surface area contributed by atoms with E-state index in [1.165, 1.54) is 0 Å². The number of aliphatic carboxylic acids is 1. The summed E-state index contributed by atoms with van der Waals surface area (Å²) in [5.74, 6) is -1.05. The Kier molecular flexibility index (Phi) is 11.4. The number of amides is 1. The number of carboxylic acids is 1. The average molecular weight is 660 g/mol. The number of aryl methyl sites for hydroxylation is 1. The van der Waals surface area contributed by atoms with E-state index in [-0.39, 0.29) is 29.9 Å². The molecular weight excluding hydrogens is 628 g/mol. The van der Waals surface area contributed by atoms with Gasteiger partial charge in [-0.3, -0.25) is 14.4 Å². The van der Waals surface area contributed by atoms with Crippen molar-refractivity contribution >= 4 is 62.3 Å². The number of halogens is 2. The molecule has 0 saturated carbocycles. The zero-order valence-corrected chi connectivity index (χ0v) is 25.4. The minimum atomic E-state index is -1.05. The molecule has 0 radical (unpaired) electrons. The second kappa shape index (κ2) is 15.2. The number of benzene rings is 3. The Morgan fingerprint density at radius 1 is 1.00 bits per heavy atom. The Bertz CT molecular complexity index is 1440. The molecule has 11 heteroatoms. The molecule has 0 spiro atoms. The van der Waals surface area contributed by atoms with Gasteiger partial charge in [0, 0.05) is 34.3 Å². The van der Waals surface area contributed by atoms with Gasteiger partial charge >= 0.3 is 5.97 Å². The molecule has 1 fully saturated rings. The molecule has 3 N–H and O–H groups in total. The summed E-state index contributed by atoms with van der Waals surface area (Å²) in [5, 5.41) is 15.0. The molecule has 42 heavy (non-hydrogen) atoms. The Morgan fingerprint density at radius 3 is 2.52 bits per heavy atom. The molecule has 3 aromatic carbocycles. The number of anilines is 3. The van der Waals surface area contributed by atoms with Crippen LogP contribution in [0.5, 0.6) is 5.75 Å². The van der Waals surface area contributed by atoms with Gasteiger partial charge in [-0.25, -0.2) is 0 Å². The topological polar surface area (TPSA) is 123 Å². The van der Waals surface area contributed by atoms with Gasteiger partial charge in [-0.05, 0) is 86.3 Å². The van der Waals surface area contributed by atoms with Crippen molar-refractivity contribution in [3.8, 4) is 5.75 Å². The van der Waals surface area contributed by atoms with Gasteiger partial charge in [0.25, 0.3) is 0 Å². The summed E-state index contributed by atoms with van der Waals surface area (Å²) >= 11 is 9.93. The number of carbonyl (C=O) groups excluding carboxylic acids is 2. The summed E-state index contributed by atoms with van der Waals surface area (Å²) in [6, 6.07) is 15.5. The third kappa shape index (κ3) is 9.03. The fraction of sp³-hybridized carbons (Fsp3) is 0.323. The van der Waals surface area contributed by atoms with E-state index in [1.807, 2.05) is 13.0 Å². The minimum absolute atomic E-state index is 0.152. The van der Waals surface area contributed by atoms with Crippen molar-refractivity contribution in [2.24, 2.45) is 0 Å². The molecule has 1 aliphatic rings. The van der Waals surface area contributed by atoms with E-state index in [2.05, 4.69) is 26.6 Å². The van der Waals surface area contributed by atoms with Crippen LogP contribution in [0.3, 0.4) is 0 Å². The van der Waals surface area contributed by atoms with E-state index >= 15 is 0 Å². The third-order valence-electron chi connectivity index (χ3n) is 6.55. The molecule has 3 aromatic rings. The molecule has 4 rings (SSSR count). The lowest BCUT2D eigenvalue weighted by atomic mass is 9.98. The van der Waals surface area contributed by atoms with Crippen LogP contribution in [-0.2, 0) is 19.1 Å². The highest BCUT2D eigenvalue weighted by Gasteiger charge is 2.18. The van der Waals surface area contributed by atoms with Crippen LogP contribution in [0.15, 0.2) is 59.1 Å². The Hall–Kier alpha value is -3.44. The van der Waals surface area contributed by atoms with Gasteiger partial charge < -0.3 is 30.0 Å². The van der Waals surface area contributed by atoms with Crippen molar-refractivity contribution in [1.82, 2.24) is 0 Å². The van der Waals surface area contributed by atoms with Crippen LogP contribution in [0.4, 0.5) is 17.1 Å². The standard InChI is InChI=1S/C31H32BrClN2O7/c1-19-16-22(40-14-15-42-30-4-2-3-13-41-30)7-9-23(19)31(39)24-8-6-21(18-25(24)33)34-26-10-5-20(32)17-27(26)35-28(36)11-12-29(37)38/h5-10,16-18,30,34H,2-4,11-15H2,1H3,(H,35,36)(H,37,38). The first-order valence-electron chi connectivity index (χ1n) is 13.6. The minimum Gasteiger partial charge on any atom is -0.491 e. The number of hydrogen-bond donors (Lipinski definition) is 3. The maximum atomic E-state index is 13.4. The number of rotatable bonds is 13. The SMILES string of the molecule is Cc1cc(OCCOC2CCCCO2)ccc1C(=O)c1ccc(Nc2ccc(Br)cc2NC(=O)CCC(=O)O)cc1Cl. The lowest BCUT2D eigenvalue weighted by Crippen LogP contribution is -2.24. The lowest BCUT2D eigenvalue weighted by molar-refractivity contribution is -0.165. The molecule has 1 saturated heterocycles. The maximum absolute atomic E-state index is 13.4. The molecular formula is C31H32BrClN2O7.